The minimum Gasteiger partial charge on any atom is -0.135 e. The van der Waals surface area contributed by atoms with E-state index in [0.717, 1.165) is 0 Å². The molecule has 0 aliphatic carbocycles. The van der Waals surface area contributed by atoms with Crippen LogP contribution in [0.2, 0.25) is 0 Å². The molecule has 0 saturated carbocycles. The molecule has 2 heteroatoms. The lowest BCUT2D eigenvalue weighted by atomic mass is 10.0. The molecule has 0 atom stereocenters. The summed E-state index contributed by atoms with van der Waals surface area (Å²) in [7, 11) is -2.56. The molecular formula is C36H26SSi. The van der Waals surface area contributed by atoms with Gasteiger partial charge in [-0.2, -0.15) is 0 Å². The van der Waals surface area contributed by atoms with E-state index < -0.39 is 8.07 Å². The molecule has 0 nitrogen and oxygen atoms in total. The molecule has 1 heterocycles. The van der Waals surface area contributed by atoms with Crippen LogP contribution in [0, 0.1) is 0 Å². The van der Waals surface area contributed by atoms with E-state index in [-0.39, 0.29) is 0 Å². The Balaban J connectivity index is 1.53. The molecule has 0 bridgehead atoms. The fourth-order valence-corrected chi connectivity index (χ4v) is 12.0. The Morgan fingerprint density at radius 3 is 1.53 bits per heavy atom. The Hall–Kier alpha value is -4.24. The molecule has 0 aliphatic rings. The standard InChI is InChI=1S/C36H26SSi/c1-4-15-28(16-5-1)38(29-17-6-2-7-18-29,30-19-8-3-9-20-30)31-21-12-14-27(26-31)32-23-13-24-34-33-22-10-11-25-35(33)37-36(32)34/h1-26H. The van der Waals surface area contributed by atoms with Crippen LogP contribution >= 0.6 is 11.3 Å². The lowest BCUT2D eigenvalue weighted by Crippen LogP contribution is -2.74. The Morgan fingerprint density at radius 1 is 0.395 bits per heavy atom. The largest absolute Gasteiger partial charge is 0.179 e. The molecule has 0 fully saturated rings. The van der Waals surface area contributed by atoms with Crippen molar-refractivity contribution in [3.63, 3.8) is 0 Å². The van der Waals surface area contributed by atoms with E-state index >= 15 is 0 Å². The van der Waals surface area contributed by atoms with Crippen LogP contribution in [-0.4, -0.2) is 8.07 Å². The van der Waals surface area contributed by atoms with Crippen molar-refractivity contribution in [2.24, 2.45) is 0 Å². The molecule has 38 heavy (non-hydrogen) atoms. The van der Waals surface area contributed by atoms with Crippen molar-refractivity contribution in [3.05, 3.63) is 158 Å². The first-order valence-corrected chi connectivity index (χ1v) is 15.8. The summed E-state index contributed by atoms with van der Waals surface area (Å²) in [5.41, 5.74) is 2.59. The molecule has 0 aliphatic heterocycles. The molecule has 7 rings (SSSR count). The van der Waals surface area contributed by atoms with Gasteiger partial charge in [-0.25, -0.2) is 0 Å². The van der Waals surface area contributed by atoms with Crippen LogP contribution in [0.3, 0.4) is 0 Å². The molecule has 0 spiro atoms. The summed E-state index contributed by atoms with van der Waals surface area (Å²) < 4.78 is 2.70. The van der Waals surface area contributed by atoms with Crippen LogP contribution in [0.25, 0.3) is 31.3 Å². The quantitative estimate of drug-likeness (QED) is 0.168. The number of thiophene rings is 1. The topological polar surface area (TPSA) is 0 Å². The molecule has 0 unspecified atom stereocenters. The molecule has 1 aromatic heterocycles. The maximum Gasteiger partial charge on any atom is 0.179 e. The van der Waals surface area contributed by atoms with Gasteiger partial charge in [0.1, 0.15) is 0 Å². The molecule has 0 amide bonds. The summed E-state index contributed by atoms with van der Waals surface area (Å²) in [4.78, 5) is 0. The monoisotopic (exact) mass is 518 g/mol. The van der Waals surface area contributed by atoms with Gasteiger partial charge in [0.2, 0.25) is 0 Å². The van der Waals surface area contributed by atoms with Crippen LogP contribution in [0.5, 0.6) is 0 Å². The predicted molar refractivity (Wildman–Crippen MR) is 168 cm³/mol. The highest BCUT2D eigenvalue weighted by Gasteiger charge is 2.41. The summed E-state index contributed by atoms with van der Waals surface area (Å²) in [5.74, 6) is 0. The highest BCUT2D eigenvalue weighted by atomic mass is 32.1. The minimum absolute atomic E-state index is 1.28. The fourth-order valence-electron chi connectivity index (χ4n) is 5.96. The van der Waals surface area contributed by atoms with Crippen LogP contribution in [-0.2, 0) is 0 Å². The number of rotatable bonds is 5. The third-order valence-corrected chi connectivity index (χ3v) is 13.6. The summed E-state index contributed by atoms with van der Waals surface area (Å²) in [6.07, 6.45) is 0. The maximum atomic E-state index is 2.47. The number of hydrogen-bond acceptors (Lipinski definition) is 1. The fraction of sp³-hybridized carbons (Fsp3) is 0. The van der Waals surface area contributed by atoms with E-state index in [4.69, 9.17) is 0 Å². The highest BCUT2D eigenvalue weighted by molar-refractivity contribution is 7.26. The Kier molecular flexibility index (Phi) is 5.77. The van der Waals surface area contributed by atoms with E-state index in [1.165, 1.54) is 52.0 Å². The molecular weight excluding hydrogens is 493 g/mol. The molecule has 0 radical (unpaired) electrons. The molecule has 0 N–H and O–H groups in total. The van der Waals surface area contributed by atoms with Crippen molar-refractivity contribution < 1.29 is 0 Å². The second-order valence-corrected chi connectivity index (χ2v) is 14.6. The van der Waals surface area contributed by atoms with Crippen LogP contribution in [0.15, 0.2) is 158 Å². The number of hydrogen-bond donors (Lipinski definition) is 0. The van der Waals surface area contributed by atoms with Gasteiger partial charge in [-0.15, -0.1) is 11.3 Å². The predicted octanol–water partition coefficient (Wildman–Crippen LogP) is 7.10. The minimum atomic E-state index is -2.56. The second-order valence-electron chi connectivity index (χ2n) is 9.71. The lowest BCUT2D eigenvalue weighted by Gasteiger charge is -2.34. The molecule has 7 aromatic rings. The van der Waals surface area contributed by atoms with Crippen molar-refractivity contribution in [2.75, 3.05) is 0 Å². The summed E-state index contributed by atoms with van der Waals surface area (Å²) in [6.45, 7) is 0. The van der Waals surface area contributed by atoms with Gasteiger partial charge >= 0.3 is 0 Å². The first-order chi connectivity index (χ1) is 18.9. The Bertz CT molecular complexity index is 1760. The number of benzene rings is 6. The number of fused-ring (bicyclic) bond motifs is 3. The van der Waals surface area contributed by atoms with E-state index in [1.807, 2.05) is 11.3 Å². The molecule has 180 valence electrons. The van der Waals surface area contributed by atoms with E-state index in [0.29, 0.717) is 0 Å². The van der Waals surface area contributed by atoms with Gasteiger partial charge in [-0.05, 0) is 37.9 Å². The molecule has 0 saturated heterocycles. The molecule has 6 aromatic carbocycles. The summed E-state index contributed by atoms with van der Waals surface area (Å²) >= 11 is 1.90. The van der Waals surface area contributed by atoms with Crippen LogP contribution in [0.4, 0.5) is 0 Å². The first-order valence-electron chi connectivity index (χ1n) is 13.0. The van der Waals surface area contributed by atoms with Crippen molar-refractivity contribution in [1.29, 1.82) is 0 Å². The third kappa shape index (κ3) is 3.65. The van der Waals surface area contributed by atoms with Gasteiger partial charge in [0.05, 0.1) is 0 Å². The van der Waals surface area contributed by atoms with E-state index in [2.05, 4.69) is 158 Å². The van der Waals surface area contributed by atoms with E-state index in [1.54, 1.807) is 0 Å². The smallest absolute Gasteiger partial charge is 0.135 e. The maximum absolute atomic E-state index is 2.56. The van der Waals surface area contributed by atoms with Gasteiger partial charge in [0, 0.05) is 20.2 Å². The Morgan fingerprint density at radius 2 is 0.895 bits per heavy atom. The van der Waals surface area contributed by atoms with Crippen molar-refractivity contribution in [1.82, 2.24) is 0 Å². The highest BCUT2D eigenvalue weighted by Crippen LogP contribution is 2.39. The normalized spacial score (nSPS) is 11.7. The van der Waals surface area contributed by atoms with E-state index in [9.17, 15) is 0 Å². The van der Waals surface area contributed by atoms with Crippen LogP contribution < -0.4 is 20.7 Å². The van der Waals surface area contributed by atoms with Gasteiger partial charge in [0.15, 0.2) is 8.07 Å². The zero-order chi connectivity index (χ0) is 25.4. The van der Waals surface area contributed by atoms with Crippen molar-refractivity contribution >= 4 is 60.3 Å². The van der Waals surface area contributed by atoms with Gasteiger partial charge in [-0.3, -0.25) is 0 Å². The first kappa shape index (κ1) is 22.9. The SMILES string of the molecule is c1ccc([Si](c2ccccc2)(c2ccccc2)c2cccc(-c3cccc4c3sc3ccccc34)c2)cc1. The second kappa shape index (κ2) is 9.57. The van der Waals surface area contributed by atoms with Crippen molar-refractivity contribution in [2.45, 2.75) is 0 Å². The van der Waals surface area contributed by atoms with Crippen LogP contribution in [0.1, 0.15) is 0 Å². The zero-order valence-corrected chi connectivity index (χ0v) is 22.7. The summed E-state index contributed by atoms with van der Waals surface area (Å²) in [5, 5.41) is 8.27. The lowest BCUT2D eigenvalue weighted by molar-refractivity contribution is 1.65. The Labute approximate surface area is 228 Å². The van der Waals surface area contributed by atoms with Crippen molar-refractivity contribution in [3.8, 4) is 11.1 Å². The van der Waals surface area contributed by atoms with Gasteiger partial charge in [-0.1, -0.05) is 152 Å². The van der Waals surface area contributed by atoms with Gasteiger partial charge < -0.3 is 0 Å². The average Bonchev–Trinajstić information content (AvgIpc) is 3.39. The zero-order valence-electron chi connectivity index (χ0n) is 20.9. The summed E-state index contributed by atoms with van der Waals surface area (Å²) in [6, 6.07) is 58.3. The van der Waals surface area contributed by atoms with Gasteiger partial charge in [0.25, 0.3) is 0 Å². The average molecular weight is 519 g/mol. The third-order valence-electron chi connectivity index (χ3n) is 7.63.